The largest absolute Gasteiger partial charge is 0.493 e. The number of fused-ring (bicyclic) bond motifs is 1. The molecule has 0 N–H and O–H groups in total. The van der Waals surface area contributed by atoms with Gasteiger partial charge in [-0.3, -0.25) is 14.5 Å². The highest BCUT2D eigenvalue weighted by atomic mass is 16.5. The van der Waals surface area contributed by atoms with Crippen LogP contribution in [0, 0.1) is 13.8 Å². The molecule has 0 aromatic heterocycles. The molecule has 152 valence electrons. The molecule has 0 bridgehead atoms. The summed E-state index contributed by atoms with van der Waals surface area (Å²) in [6.45, 7) is 5.29. The summed E-state index contributed by atoms with van der Waals surface area (Å²) < 4.78 is 10.8. The van der Waals surface area contributed by atoms with Gasteiger partial charge in [0.1, 0.15) is 0 Å². The molecule has 2 aromatic carbocycles. The van der Waals surface area contributed by atoms with Crippen molar-refractivity contribution in [1.82, 2.24) is 4.90 Å². The average Bonchev–Trinajstić information content (AvgIpc) is 2.99. The van der Waals surface area contributed by atoms with Crippen molar-refractivity contribution >= 4 is 17.5 Å². The minimum Gasteiger partial charge on any atom is -0.493 e. The van der Waals surface area contributed by atoms with Crippen molar-refractivity contribution in [1.29, 1.82) is 0 Å². The molecule has 4 rings (SSSR count). The van der Waals surface area contributed by atoms with Crippen LogP contribution >= 0.6 is 0 Å². The smallest absolute Gasteiger partial charge is 0.251 e. The quantitative estimate of drug-likeness (QED) is 0.746. The molecule has 0 aliphatic carbocycles. The first-order chi connectivity index (χ1) is 13.9. The molecule has 1 saturated heterocycles. The molecule has 29 heavy (non-hydrogen) atoms. The highest BCUT2D eigenvalue weighted by molar-refractivity contribution is 6.22. The Labute approximate surface area is 171 Å². The van der Waals surface area contributed by atoms with Gasteiger partial charge in [0.2, 0.25) is 5.91 Å². The first-order valence-corrected chi connectivity index (χ1v) is 9.84. The molecular weight excluding hydrogens is 368 g/mol. The SMILES string of the molecule is COc1cc2c(cc1OC)CN([C@H]1CC(=O)N(c3cc(C)cc(C)c3)C1=O)CC2. The Morgan fingerprint density at radius 3 is 2.14 bits per heavy atom. The van der Waals surface area contributed by atoms with E-state index in [1.165, 1.54) is 10.5 Å². The molecular formula is C23H26N2O4. The van der Waals surface area contributed by atoms with Gasteiger partial charge in [-0.15, -0.1) is 0 Å². The number of nitrogens with zero attached hydrogens (tertiary/aromatic N) is 2. The molecule has 6 nitrogen and oxygen atoms in total. The average molecular weight is 394 g/mol. The Kier molecular flexibility index (Phi) is 5.04. The normalized spacial score (nSPS) is 19.4. The van der Waals surface area contributed by atoms with Crippen molar-refractivity contribution in [3.63, 3.8) is 0 Å². The number of carbonyl (C=O) groups excluding carboxylic acids is 2. The maximum absolute atomic E-state index is 13.2. The molecule has 6 heteroatoms. The van der Waals surface area contributed by atoms with E-state index in [1.54, 1.807) is 14.2 Å². The van der Waals surface area contributed by atoms with Crippen LogP contribution in [0.5, 0.6) is 11.5 Å². The van der Waals surface area contributed by atoms with Gasteiger partial charge < -0.3 is 9.47 Å². The third-order valence-corrected chi connectivity index (χ3v) is 5.78. The summed E-state index contributed by atoms with van der Waals surface area (Å²) >= 11 is 0. The number of anilines is 1. The highest BCUT2D eigenvalue weighted by Crippen LogP contribution is 2.35. The summed E-state index contributed by atoms with van der Waals surface area (Å²) in [7, 11) is 3.25. The van der Waals surface area contributed by atoms with E-state index in [9.17, 15) is 9.59 Å². The molecule has 1 fully saturated rings. The molecule has 0 spiro atoms. The number of ether oxygens (including phenoxy) is 2. The van der Waals surface area contributed by atoms with Crippen LogP contribution < -0.4 is 14.4 Å². The maximum atomic E-state index is 13.2. The van der Waals surface area contributed by atoms with E-state index in [-0.39, 0.29) is 18.2 Å². The fraction of sp³-hybridized carbons (Fsp3) is 0.391. The number of hydrogen-bond acceptors (Lipinski definition) is 5. The summed E-state index contributed by atoms with van der Waals surface area (Å²) in [5.41, 5.74) is 5.05. The fourth-order valence-corrected chi connectivity index (χ4v) is 4.42. The van der Waals surface area contributed by atoms with Crippen molar-refractivity contribution in [2.75, 3.05) is 25.7 Å². The van der Waals surface area contributed by atoms with Crippen molar-refractivity contribution in [3.05, 3.63) is 52.6 Å². The van der Waals surface area contributed by atoms with Gasteiger partial charge in [-0.25, -0.2) is 4.90 Å². The predicted molar refractivity (Wildman–Crippen MR) is 110 cm³/mol. The first-order valence-electron chi connectivity index (χ1n) is 9.84. The summed E-state index contributed by atoms with van der Waals surface area (Å²) in [5, 5.41) is 0. The van der Waals surface area contributed by atoms with Crippen LogP contribution in [-0.2, 0) is 22.6 Å². The molecule has 1 atom stereocenters. The number of rotatable bonds is 4. The van der Waals surface area contributed by atoms with E-state index in [2.05, 4.69) is 4.90 Å². The zero-order chi connectivity index (χ0) is 20.7. The summed E-state index contributed by atoms with van der Waals surface area (Å²) in [6.07, 6.45) is 1.02. The molecule has 2 aliphatic rings. The van der Waals surface area contributed by atoms with Gasteiger partial charge in [0, 0.05) is 13.1 Å². The maximum Gasteiger partial charge on any atom is 0.251 e. The van der Waals surface area contributed by atoms with Crippen LogP contribution in [0.25, 0.3) is 0 Å². The molecule has 2 heterocycles. The minimum absolute atomic E-state index is 0.135. The van der Waals surface area contributed by atoms with Gasteiger partial charge in [0.05, 0.1) is 32.4 Å². The first kappa shape index (κ1) is 19.5. The minimum atomic E-state index is -0.426. The van der Waals surface area contributed by atoms with Crippen molar-refractivity contribution in [2.24, 2.45) is 0 Å². The van der Waals surface area contributed by atoms with Crippen LogP contribution in [0.1, 0.15) is 28.7 Å². The number of carbonyl (C=O) groups is 2. The third kappa shape index (κ3) is 3.49. The third-order valence-electron chi connectivity index (χ3n) is 5.78. The Morgan fingerprint density at radius 2 is 1.52 bits per heavy atom. The van der Waals surface area contributed by atoms with E-state index in [0.717, 1.165) is 29.7 Å². The summed E-state index contributed by atoms with van der Waals surface area (Å²) in [6, 6.07) is 9.39. The van der Waals surface area contributed by atoms with Gasteiger partial charge in [-0.05, 0) is 66.8 Å². The standard InChI is InChI=1S/C23H26N2O4/c1-14-7-15(2)9-18(8-14)25-22(26)12-19(23(25)27)24-6-5-16-10-20(28-3)21(29-4)11-17(16)13-24/h7-11,19H,5-6,12-13H2,1-4H3/t19-/m0/s1. The lowest BCUT2D eigenvalue weighted by Crippen LogP contribution is -2.44. The van der Waals surface area contributed by atoms with Crippen molar-refractivity contribution < 1.29 is 19.1 Å². The molecule has 0 unspecified atom stereocenters. The summed E-state index contributed by atoms with van der Waals surface area (Å²) in [5.74, 6) is 1.12. The van der Waals surface area contributed by atoms with Gasteiger partial charge in [-0.1, -0.05) is 6.07 Å². The van der Waals surface area contributed by atoms with Crippen LogP contribution in [0.2, 0.25) is 0 Å². The number of imide groups is 1. The van der Waals surface area contributed by atoms with E-state index in [1.807, 2.05) is 44.2 Å². The van der Waals surface area contributed by atoms with Crippen LogP contribution in [0.4, 0.5) is 5.69 Å². The van der Waals surface area contributed by atoms with E-state index in [4.69, 9.17) is 9.47 Å². The fourth-order valence-electron chi connectivity index (χ4n) is 4.42. The van der Waals surface area contributed by atoms with E-state index in [0.29, 0.717) is 23.7 Å². The molecule has 0 radical (unpaired) electrons. The second-order valence-electron chi connectivity index (χ2n) is 7.83. The zero-order valence-corrected chi connectivity index (χ0v) is 17.3. The lowest BCUT2D eigenvalue weighted by Gasteiger charge is -2.32. The Hall–Kier alpha value is -2.86. The number of aryl methyl sites for hydroxylation is 2. The van der Waals surface area contributed by atoms with Crippen LogP contribution in [0.15, 0.2) is 30.3 Å². The lowest BCUT2D eigenvalue weighted by atomic mass is 9.97. The second-order valence-corrected chi connectivity index (χ2v) is 7.83. The van der Waals surface area contributed by atoms with E-state index < -0.39 is 6.04 Å². The zero-order valence-electron chi connectivity index (χ0n) is 17.3. The lowest BCUT2D eigenvalue weighted by molar-refractivity contribution is -0.123. The summed E-state index contributed by atoms with van der Waals surface area (Å²) in [4.78, 5) is 29.4. The predicted octanol–water partition coefficient (Wildman–Crippen LogP) is 3.01. The van der Waals surface area contributed by atoms with Gasteiger partial charge in [-0.2, -0.15) is 0 Å². The van der Waals surface area contributed by atoms with Gasteiger partial charge in [0.15, 0.2) is 11.5 Å². The Balaban J connectivity index is 1.59. The van der Waals surface area contributed by atoms with Crippen LogP contribution in [0.3, 0.4) is 0 Å². The second kappa shape index (κ2) is 7.52. The van der Waals surface area contributed by atoms with Gasteiger partial charge >= 0.3 is 0 Å². The topological polar surface area (TPSA) is 59.1 Å². The highest BCUT2D eigenvalue weighted by Gasteiger charge is 2.43. The van der Waals surface area contributed by atoms with E-state index >= 15 is 0 Å². The van der Waals surface area contributed by atoms with Crippen molar-refractivity contribution in [2.45, 2.75) is 39.3 Å². The van der Waals surface area contributed by atoms with Gasteiger partial charge in [0.25, 0.3) is 5.91 Å². The Bertz CT molecular complexity index is 965. The molecule has 2 amide bonds. The molecule has 2 aliphatic heterocycles. The molecule has 0 saturated carbocycles. The van der Waals surface area contributed by atoms with Crippen molar-refractivity contribution in [3.8, 4) is 11.5 Å². The molecule has 2 aromatic rings. The monoisotopic (exact) mass is 394 g/mol. The number of amides is 2. The number of methoxy groups -OCH3 is 2. The number of hydrogen-bond donors (Lipinski definition) is 0. The number of benzene rings is 2. The Morgan fingerprint density at radius 1 is 0.897 bits per heavy atom. The van der Waals surface area contributed by atoms with Crippen LogP contribution in [-0.4, -0.2) is 43.5 Å².